The zero-order valence-corrected chi connectivity index (χ0v) is 12.7. The predicted octanol–water partition coefficient (Wildman–Crippen LogP) is 1.02. The second-order valence-corrected chi connectivity index (χ2v) is 6.82. The molecule has 1 aromatic carbocycles. The van der Waals surface area contributed by atoms with Crippen LogP contribution in [0.3, 0.4) is 0 Å². The first-order valence-electron chi connectivity index (χ1n) is 6.40. The summed E-state index contributed by atoms with van der Waals surface area (Å²) >= 11 is 0. The second kappa shape index (κ2) is 5.41. The molecule has 1 saturated heterocycles. The Bertz CT molecular complexity index is 586. The molecule has 2 rings (SSSR count). The van der Waals surface area contributed by atoms with Gasteiger partial charge >= 0.3 is 6.03 Å². The summed E-state index contributed by atoms with van der Waals surface area (Å²) in [5.74, 6) is 0. The summed E-state index contributed by atoms with van der Waals surface area (Å²) in [7, 11) is -0.247. The van der Waals surface area contributed by atoms with Crippen molar-refractivity contribution in [1.82, 2.24) is 14.1 Å². The molecule has 0 N–H and O–H groups in total. The molecule has 20 heavy (non-hydrogen) atoms. The molecule has 1 aliphatic heterocycles. The van der Waals surface area contributed by atoms with E-state index in [1.807, 2.05) is 0 Å². The minimum atomic E-state index is -3.56. The lowest BCUT2D eigenvalue weighted by Crippen LogP contribution is -2.45. The highest BCUT2D eigenvalue weighted by Crippen LogP contribution is 2.24. The normalized spacial score (nSPS) is 20.1. The van der Waals surface area contributed by atoms with Crippen LogP contribution in [0, 0.1) is 0 Å². The van der Waals surface area contributed by atoms with Crippen LogP contribution >= 0.6 is 0 Å². The molecule has 1 aromatic rings. The molecule has 6 nitrogen and oxygen atoms in total. The number of amides is 2. The van der Waals surface area contributed by atoms with Crippen molar-refractivity contribution in [3.63, 3.8) is 0 Å². The number of sulfonamides is 1. The second-order valence-electron chi connectivity index (χ2n) is 4.93. The fraction of sp³-hybridized carbons (Fsp3) is 0.462. The van der Waals surface area contributed by atoms with Gasteiger partial charge < -0.3 is 9.80 Å². The van der Waals surface area contributed by atoms with Crippen molar-refractivity contribution in [1.29, 1.82) is 0 Å². The Hall–Kier alpha value is -1.60. The molecule has 0 aromatic heterocycles. The smallest absolute Gasteiger partial charge is 0.320 e. The van der Waals surface area contributed by atoms with Gasteiger partial charge in [-0.2, -0.15) is 4.31 Å². The van der Waals surface area contributed by atoms with Crippen LogP contribution in [0.15, 0.2) is 35.2 Å². The van der Waals surface area contributed by atoms with Crippen molar-refractivity contribution in [3.05, 3.63) is 30.3 Å². The number of nitrogens with zero attached hydrogens (tertiary/aromatic N) is 3. The third-order valence-corrected chi connectivity index (χ3v) is 5.38. The maximum atomic E-state index is 12.6. The van der Waals surface area contributed by atoms with Crippen molar-refractivity contribution >= 4 is 16.1 Å². The summed E-state index contributed by atoms with van der Waals surface area (Å²) in [6, 6.07) is 8.11. The molecule has 2 amide bonds. The molecule has 1 fully saturated rings. The Kier molecular flexibility index (Phi) is 4.01. The molecule has 0 bridgehead atoms. The van der Waals surface area contributed by atoms with E-state index in [1.54, 1.807) is 56.3 Å². The van der Waals surface area contributed by atoms with Crippen molar-refractivity contribution in [2.45, 2.75) is 18.0 Å². The average molecular weight is 297 g/mol. The molecule has 0 unspecified atom stereocenters. The standard InChI is InChI=1S/C13H19N3O3S/c1-11-15(13(17)14(2)3)9-10-16(11)20(18,19)12-7-5-4-6-8-12/h4-8,11H,9-10H2,1-3H3/t11-/m1/s1. The van der Waals surface area contributed by atoms with Crippen LogP contribution in [0.5, 0.6) is 0 Å². The van der Waals surface area contributed by atoms with Crippen LogP contribution in [0.1, 0.15) is 6.92 Å². The van der Waals surface area contributed by atoms with E-state index in [2.05, 4.69) is 0 Å². The third kappa shape index (κ3) is 2.51. The SMILES string of the molecule is C[C@@H]1N(C(=O)N(C)C)CCN1S(=O)(=O)c1ccccc1. The van der Waals surface area contributed by atoms with E-state index in [0.29, 0.717) is 13.1 Å². The molecule has 0 saturated carbocycles. The Morgan fingerprint density at radius 1 is 1.20 bits per heavy atom. The fourth-order valence-corrected chi connectivity index (χ4v) is 3.91. The summed E-state index contributed by atoms with van der Waals surface area (Å²) in [6.45, 7) is 2.46. The molecule has 7 heteroatoms. The lowest BCUT2D eigenvalue weighted by atomic mass is 10.4. The summed E-state index contributed by atoms with van der Waals surface area (Å²) in [4.78, 5) is 15.3. The van der Waals surface area contributed by atoms with Gasteiger partial charge in [-0.15, -0.1) is 0 Å². The highest BCUT2D eigenvalue weighted by Gasteiger charge is 2.39. The van der Waals surface area contributed by atoms with E-state index < -0.39 is 16.2 Å². The van der Waals surface area contributed by atoms with Crippen LogP contribution in [-0.4, -0.2) is 61.9 Å². The number of carbonyl (C=O) groups is 1. The van der Waals surface area contributed by atoms with Gasteiger partial charge in [-0.3, -0.25) is 0 Å². The van der Waals surface area contributed by atoms with Gasteiger partial charge in [0.25, 0.3) is 0 Å². The van der Waals surface area contributed by atoms with Crippen molar-refractivity contribution in [3.8, 4) is 0 Å². The van der Waals surface area contributed by atoms with Gasteiger partial charge in [0.05, 0.1) is 11.1 Å². The molecule has 0 spiro atoms. The quantitative estimate of drug-likeness (QED) is 0.819. The minimum Gasteiger partial charge on any atom is -0.331 e. The topological polar surface area (TPSA) is 60.9 Å². The van der Waals surface area contributed by atoms with Crippen molar-refractivity contribution in [2.75, 3.05) is 27.2 Å². The minimum absolute atomic E-state index is 0.178. The number of hydrogen-bond donors (Lipinski definition) is 0. The zero-order valence-electron chi connectivity index (χ0n) is 11.9. The molecular weight excluding hydrogens is 278 g/mol. The Morgan fingerprint density at radius 2 is 1.80 bits per heavy atom. The molecule has 0 aliphatic carbocycles. The summed E-state index contributed by atoms with van der Waals surface area (Å²) < 4.78 is 26.5. The Labute approximate surface area is 119 Å². The van der Waals surface area contributed by atoms with E-state index in [1.165, 1.54) is 9.21 Å². The van der Waals surface area contributed by atoms with E-state index in [0.717, 1.165) is 0 Å². The first kappa shape index (κ1) is 14.8. The number of hydrogen-bond acceptors (Lipinski definition) is 3. The van der Waals surface area contributed by atoms with Crippen LogP contribution in [0.25, 0.3) is 0 Å². The van der Waals surface area contributed by atoms with Crippen LogP contribution < -0.4 is 0 Å². The first-order valence-corrected chi connectivity index (χ1v) is 7.84. The van der Waals surface area contributed by atoms with Crippen molar-refractivity contribution in [2.24, 2.45) is 0 Å². The van der Waals surface area contributed by atoms with Gasteiger partial charge in [-0.05, 0) is 19.1 Å². The largest absolute Gasteiger partial charge is 0.331 e. The van der Waals surface area contributed by atoms with E-state index >= 15 is 0 Å². The molecular formula is C13H19N3O3S. The summed E-state index contributed by atoms with van der Waals surface area (Å²) in [6.07, 6.45) is -0.477. The first-order chi connectivity index (χ1) is 9.35. The summed E-state index contributed by atoms with van der Waals surface area (Å²) in [5.41, 5.74) is 0. The molecule has 1 heterocycles. The molecule has 1 atom stereocenters. The number of urea groups is 1. The van der Waals surface area contributed by atoms with Gasteiger partial charge in [0.1, 0.15) is 0 Å². The van der Waals surface area contributed by atoms with Crippen LogP contribution in [0.4, 0.5) is 4.79 Å². The van der Waals surface area contributed by atoms with Gasteiger partial charge in [0.15, 0.2) is 0 Å². The Balaban J connectivity index is 2.26. The van der Waals surface area contributed by atoms with Gasteiger partial charge in [-0.1, -0.05) is 18.2 Å². The number of carbonyl (C=O) groups excluding carboxylic acids is 1. The Morgan fingerprint density at radius 3 is 2.35 bits per heavy atom. The molecule has 110 valence electrons. The highest BCUT2D eigenvalue weighted by atomic mass is 32.2. The zero-order chi connectivity index (χ0) is 14.9. The maximum Gasteiger partial charge on any atom is 0.320 e. The maximum absolute atomic E-state index is 12.6. The predicted molar refractivity (Wildman–Crippen MR) is 75.6 cm³/mol. The lowest BCUT2D eigenvalue weighted by molar-refractivity contribution is 0.156. The highest BCUT2D eigenvalue weighted by molar-refractivity contribution is 7.89. The van der Waals surface area contributed by atoms with E-state index in [4.69, 9.17) is 0 Å². The van der Waals surface area contributed by atoms with Crippen LogP contribution in [0.2, 0.25) is 0 Å². The number of benzene rings is 1. The van der Waals surface area contributed by atoms with Crippen LogP contribution in [-0.2, 0) is 10.0 Å². The van der Waals surface area contributed by atoms with E-state index in [9.17, 15) is 13.2 Å². The van der Waals surface area contributed by atoms with Crippen molar-refractivity contribution < 1.29 is 13.2 Å². The summed E-state index contributed by atoms with van der Waals surface area (Å²) in [5, 5.41) is 0. The van der Waals surface area contributed by atoms with Gasteiger partial charge in [0, 0.05) is 27.2 Å². The lowest BCUT2D eigenvalue weighted by Gasteiger charge is -2.28. The van der Waals surface area contributed by atoms with Gasteiger partial charge in [-0.25, -0.2) is 13.2 Å². The fourth-order valence-electron chi connectivity index (χ4n) is 2.30. The number of rotatable bonds is 2. The van der Waals surface area contributed by atoms with E-state index in [-0.39, 0.29) is 10.9 Å². The third-order valence-electron chi connectivity index (χ3n) is 3.41. The monoisotopic (exact) mass is 297 g/mol. The molecule has 1 aliphatic rings. The molecule has 0 radical (unpaired) electrons. The van der Waals surface area contributed by atoms with Gasteiger partial charge in [0.2, 0.25) is 10.0 Å². The average Bonchev–Trinajstić information content (AvgIpc) is 2.81.